The van der Waals surface area contributed by atoms with Gasteiger partial charge in [-0.05, 0) is 66.4 Å². The van der Waals surface area contributed by atoms with Crippen molar-refractivity contribution in [2.75, 3.05) is 0 Å². The van der Waals surface area contributed by atoms with Crippen molar-refractivity contribution in [3.8, 4) is 11.8 Å². The highest BCUT2D eigenvalue weighted by Crippen LogP contribution is 2.57. The standard InChI is InChI=1S/C27H32F6O3/c1-16(6-4-13-25(36,26(28,29)30)27(31,32)33)21-10-11-22-18(7-5-12-24(21,22)3)8-9-19-14-20(34)15-23(35)17(19)2/h8-10,16,20,22-23,34-36H,2,5-7,11-12,14-15H2,1,3H3/b18-8+,19-9-/t16-,20-,22+,23-,24-/m1/s1. The second-order valence-corrected chi connectivity index (χ2v) is 10.4. The van der Waals surface area contributed by atoms with Gasteiger partial charge in [0.25, 0.3) is 0 Å². The third-order valence-corrected chi connectivity index (χ3v) is 7.90. The minimum atomic E-state index is -5.96. The summed E-state index contributed by atoms with van der Waals surface area (Å²) in [5.41, 5.74) is -1.86. The van der Waals surface area contributed by atoms with E-state index in [1.807, 2.05) is 24.1 Å². The van der Waals surface area contributed by atoms with Crippen LogP contribution in [-0.4, -0.2) is 45.5 Å². The summed E-state index contributed by atoms with van der Waals surface area (Å²) >= 11 is 0. The molecule has 200 valence electrons. The molecule has 0 aliphatic heterocycles. The third-order valence-electron chi connectivity index (χ3n) is 7.90. The normalized spacial score (nSPS) is 32.7. The lowest BCUT2D eigenvalue weighted by molar-refractivity contribution is -0.343. The predicted molar refractivity (Wildman–Crippen MR) is 123 cm³/mol. The molecule has 0 aromatic heterocycles. The van der Waals surface area contributed by atoms with Crippen molar-refractivity contribution < 1.29 is 41.7 Å². The SMILES string of the molecule is C=C1/C(=C\C=C2/CCC[C@]3(C)C([C@H](C)CC#CC(O)(C(F)(F)F)C(F)(F)F)=CC[C@@H]23)C[C@@H](O)C[C@H]1O. The van der Waals surface area contributed by atoms with Crippen molar-refractivity contribution in [3.63, 3.8) is 0 Å². The quantitative estimate of drug-likeness (QED) is 0.247. The molecule has 0 aromatic carbocycles. The monoisotopic (exact) mass is 518 g/mol. The number of hydrogen-bond donors (Lipinski definition) is 3. The second-order valence-electron chi connectivity index (χ2n) is 10.4. The molecule has 0 heterocycles. The highest BCUT2D eigenvalue weighted by molar-refractivity contribution is 5.40. The van der Waals surface area contributed by atoms with E-state index in [0.717, 1.165) is 36.3 Å². The van der Waals surface area contributed by atoms with Gasteiger partial charge in [0.05, 0.1) is 12.2 Å². The van der Waals surface area contributed by atoms with Crippen LogP contribution in [0.25, 0.3) is 0 Å². The molecule has 5 atom stereocenters. The van der Waals surface area contributed by atoms with Gasteiger partial charge in [0.15, 0.2) is 0 Å². The van der Waals surface area contributed by atoms with Gasteiger partial charge in [-0.2, -0.15) is 26.3 Å². The van der Waals surface area contributed by atoms with Crippen LogP contribution in [0.2, 0.25) is 0 Å². The second kappa shape index (κ2) is 10.0. The molecular formula is C27H32F6O3. The Kier molecular flexibility index (Phi) is 7.96. The van der Waals surface area contributed by atoms with Crippen LogP contribution in [0.3, 0.4) is 0 Å². The summed E-state index contributed by atoms with van der Waals surface area (Å²) in [5.74, 6) is 2.75. The van der Waals surface area contributed by atoms with E-state index in [1.165, 1.54) is 5.57 Å². The van der Waals surface area contributed by atoms with E-state index in [2.05, 4.69) is 13.5 Å². The smallest absolute Gasteiger partial charge is 0.393 e. The van der Waals surface area contributed by atoms with Crippen LogP contribution in [-0.2, 0) is 0 Å². The maximum atomic E-state index is 12.9. The van der Waals surface area contributed by atoms with E-state index in [4.69, 9.17) is 0 Å². The minimum Gasteiger partial charge on any atom is -0.393 e. The van der Waals surface area contributed by atoms with Crippen LogP contribution >= 0.6 is 0 Å². The van der Waals surface area contributed by atoms with Crippen molar-refractivity contribution in [1.82, 2.24) is 0 Å². The number of allylic oxidation sites excluding steroid dienone is 5. The summed E-state index contributed by atoms with van der Waals surface area (Å²) in [6.07, 6.45) is -3.80. The van der Waals surface area contributed by atoms with Crippen LogP contribution in [0.15, 0.2) is 47.1 Å². The van der Waals surface area contributed by atoms with Gasteiger partial charge in [0.1, 0.15) is 0 Å². The lowest BCUT2D eigenvalue weighted by atomic mass is 9.62. The molecule has 36 heavy (non-hydrogen) atoms. The van der Waals surface area contributed by atoms with Crippen molar-refractivity contribution in [1.29, 1.82) is 0 Å². The molecule has 0 unspecified atom stereocenters. The van der Waals surface area contributed by atoms with Crippen LogP contribution in [0.5, 0.6) is 0 Å². The topological polar surface area (TPSA) is 60.7 Å². The fraction of sp³-hybridized carbons (Fsp3) is 0.630. The number of aliphatic hydroxyl groups excluding tert-OH is 2. The molecule has 3 aliphatic rings. The Morgan fingerprint density at radius 1 is 1.17 bits per heavy atom. The molecule has 0 spiro atoms. The number of halogens is 6. The Hall–Kier alpha value is -2.02. The van der Waals surface area contributed by atoms with Crippen molar-refractivity contribution in [2.45, 2.75) is 89.0 Å². The van der Waals surface area contributed by atoms with Gasteiger partial charge < -0.3 is 15.3 Å². The Balaban J connectivity index is 1.78. The predicted octanol–water partition coefficient (Wildman–Crippen LogP) is 5.93. The van der Waals surface area contributed by atoms with Crippen molar-refractivity contribution in [2.24, 2.45) is 17.3 Å². The number of fused-ring (bicyclic) bond motifs is 1. The van der Waals surface area contributed by atoms with E-state index in [-0.39, 0.29) is 30.1 Å². The fourth-order valence-corrected chi connectivity index (χ4v) is 5.83. The van der Waals surface area contributed by atoms with E-state index < -0.39 is 30.2 Å². The van der Waals surface area contributed by atoms with E-state index in [9.17, 15) is 41.7 Å². The number of rotatable bonds is 3. The first-order valence-electron chi connectivity index (χ1n) is 12.0. The maximum absolute atomic E-state index is 12.9. The zero-order valence-electron chi connectivity index (χ0n) is 20.3. The average molecular weight is 519 g/mol. The number of hydrogen-bond acceptors (Lipinski definition) is 3. The highest BCUT2D eigenvalue weighted by atomic mass is 19.4. The van der Waals surface area contributed by atoms with Gasteiger partial charge >= 0.3 is 18.0 Å². The zero-order chi connectivity index (χ0) is 27.1. The first-order valence-corrected chi connectivity index (χ1v) is 12.0. The van der Waals surface area contributed by atoms with Gasteiger partial charge in [-0.3, -0.25) is 0 Å². The fourth-order valence-electron chi connectivity index (χ4n) is 5.83. The number of alkyl halides is 6. The van der Waals surface area contributed by atoms with Crippen LogP contribution < -0.4 is 0 Å². The highest BCUT2D eigenvalue weighted by Gasteiger charge is 2.70. The van der Waals surface area contributed by atoms with Crippen LogP contribution in [0, 0.1) is 29.1 Å². The summed E-state index contributed by atoms with van der Waals surface area (Å²) in [5, 5.41) is 29.3. The molecule has 3 aliphatic carbocycles. The molecule has 3 rings (SSSR count). The summed E-state index contributed by atoms with van der Waals surface area (Å²) in [6.45, 7) is 7.72. The molecule has 3 nitrogen and oxygen atoms in total. The largest absolute Gasteiger partial charge is 0.438 e. The third kappa shape index (κ3) is 5.32. The van der Waals surface area contributed by atoms with Crippen molar-refractivity contribution >= 4 is 0 Å². The first-order chi connectivity index (χ1) is 16.5. The number of aliphatic hydroxyl groups is 3. The van der Waals surface area contributed by atoms with Crippen LogP contribution in [0.4, 0.5) is 26.3 Å². The Labute approximate surface area is 207 Å². The van der Waals surface area contributed by atoms with Gasteiger partial charge in [-0.15, -0.1) is 0 Å². The van der Waals surface area contributed by atoms with E-state index in [1.54, 1.807) is 6.92 Å². The van der Waals surface area contributed by atoms with E-state index >= 15 is 0 Å². The van der Waals surface area contributed by atoms with Crippen LogP contribution in [0.1, 0.15) is 58.8 Å². The molecule has 0 radical (unpaired) electrons. The molecule has 3 N–H and O–H groups in total. The summed E-state index contributed by atoms with van der Waals surface area (Å²) in [6, 6.07) is 0. The summed E-state index contributed by atoms with van der Waals surface area (Å²) in [7, 11) is 0. The molecule has 0 saturated heterocycles. The molecular weight excluding hydrogens is 486 g/mol. The molecule has 0 bridgehead atoms. The lowest BCUT2D eigenvalue weighted by Crippen LogP contribution is -2.55. The van der Waals surface area contributed by atoms with Gasteiger partial charge in [-0.1, -0.05) is 55.7 Å². The maximum Gasteiger partial charge on any atom is 0.438 e. The summed E-state index contributed by atoms with van der Waals surface area (Å²) in [4.78, 5) is 0. The van der Waals surface area contributed by atoms with Gasteiger partial charge in [0.2, 0.25) is 0 Å². The van der Waals surface area contributed by atoms with E-state index in [0.29, 0.717) is 18.4 Å². The molecule has 2 saturated carbocycles. The Bertz CT molecular complexity index is 1010. The van der Waals surface area contributed by atoms with Gasteiger partial charge in [-0.25, -0.2) is 0 Å². The Morgan fingerprint density at radius 2 is 1.81 bits per heavy atom. The summed E-state index contributed by atoms with van der Waals surface area (Å²) < 4.78 is 77.4. The average Bonchev–Trinajstić information content (AvgIpc) is 3.11. The zero-order valence-corrected chi connectivity index (χ0v) is 20.3. The minimum absolute atomic E-state index is 0.127. The van der Waals surface area contributed by atoms with Gasteiger partial charge in [0, 0.05) is 12.8 Å². The molecule has 0 amide bonds. The lowest BCUT2D eigenvalue weighted by Gasteiger charge is -2.42. The molecule has 0 aromatic rings. The molecule has 9 heteroatoms. The molecule has 2 fully saturated rings. The first kappa shape index (κ1) is 28.5. The van der Waals surface area contributed by atoms with Crippen molar-refractivity contribution in [3.05, 3.63) is 47.1 Å². The Morgan fingerprint density at radius 3 is 2.42 bits per heavy atom.